The first-order valence-electron chi connectivity index (χ1n) is 6.39. The van der Waals surface area contributed by atoms with E-state index in [1.54, 1.807) is 0 Å². The van der Waals surface area contributed by atoms with Crippen LogP contribution in [0.4, 0.5) is 5.69 Å². The van der Waals surface area contributed by atoms with E-state index < -0.39 is 0 Å². The second-order valence-corrected chi connectivity index (χ2v) is 6.16. The van der Waals surface area contributed by atoms with Crippen LogP contribution in [-0.2, 0) is 9.59 Å². The molecule has 0 radical (unpaired) electrons. The number of halogens is 1. The summed E-state index contributed by atoms with van der Waals surface area (Å²) in [7, 11) is 0. The van der Waals surface area contributed by atoms with Gasteiger partial charge in [0.2, 0.25) is 11.8 Å². The second-order valence-electron chi connectivity index (χ2n) is 4.92. The van der Waals surface area contributed by atoms with Crippen molar-refractivity contribution in [2.75, 3.05) is 11.9 Å². The molecular weight excluding hydrogens is 355 g/mol. The summed E-state index contributed by atoms with van der Waals surface area (Å²) in [6.07, 6.45) is 1.28. The van der Waals surface area contributed by atoms with E-state index >= 15 is 0 Å². The molecule has 0 saturated heterocycles. The van der Waals surface area contributed by atoms with Gasteiger partial charge in [-0.15, -0.1) is 0 Å². The average Bonchev–Trinajstić information content (AvgIpc) is 3.09. The summed E-state index contributed by atoms with van der Waals surface area (Å²) in [5.74, 6) is 0.666. The molecule has 2 atom stereocenters. The Morgan fingerprint density at radius 3 is 2.53 bits per heavy atom. The van der Waals surface area contributed by atoms with Crippen molar-refractivity contribution in [2.45, 2.75) is 19.8 Å². The van der Waals surface area contributed by atoms with Crippen LogP contribution < -0.4 is 10.6 Å². The van der Waals surface area contributed by atoms with Gasteiger partial charge in [0.15, 0.2) is 0 Å². The maximum absolute atomic E-state index is 11.7. The molecule has 5 heteroatoms. The first-order valence-corrected chi connectivity index (χ1v) is 7.47. The number of hydrogen-bond donors (Lipinski definition) is 2. The smallest absolute Gasteiger partial charge is 0.226 e. The van der Waals surface area contributed by atoms with Crippen molar-refractivity contribution < 1.29 is 9.59 Å². The van der Waals surface area contributed by atoms with E-state index in [4.69, 9.17) is 0 Å². The number of carbonyl (C=O) groups is 2. The van der Waals surface area contributed by atoms with Crippen LogP contribution in [0.2, 0.25) is 0 Å². The van der Waals surface area contributed by atoms with E-state index in [-0.39, 0.29) is 17.7 Å². The predicted molar refractivity (Wildman–Crippen MR) is 82.7 cm³/mol. The molecule has 1 aliphatic carbocycles. The summed E-state index contributed by atoms with van der Waals surface area (Å²) in [5.41, 5.74) is 0.785. The lowest BCUT2D eigenvalue weighted by molar-refractivity contribution is -0.122. The van der Waals surface area contributed by atoms with Gasteiger partial charge in [-0.2, -0.15) is 0 Å². The molecule has 4 nitrogen and oxygen atoms in total. The van der Waals surface area contributed by atoms with E-state index in [2.05, 4.69) is 40.1 Å². The Kier molecular flexibility index (Phi) is 4.79. The number of nitrogens with one attached hydrogen (secondary N) is 2. The SMILES string of the molecule is C[C@@H]1C[C@H]1C(=O)NCCC(=O)Nc1ccc(I)cc1. The third-order valence-corrected chi connectivity index (χ3v) is 3.94. The second kappa shape index (κ2) is 6.36. The zero-order valence-electron chi connectivity index (χ0n) is 10.8. The molecule has 0 spiro atoms. The quantitative estimate of drug-likeness (QED) is 0.780. The lowest BCUT2D eigenvalue weighted by Crippen LogP contribution is -2.29. The summed E-state index contributed by atoms with van der Waals surface area (Å²) in [6, 6.07) is 7.60. The van der Waals surface area contributed by atoms with E-state index in [0.717, 1.165) is 15.7 Å². The molecule has 2 rings (SSSR count). The largest absolute Gasteiger partial charge is 0.355 e. The normalized spacial score (nSPS) is 20.7. The summed E-state index contributed by atoms with van der Waals surface area (Å²) in [4.78, 5) is 23.2. The first-order chi connectivity index (χ1) is 9.06. The van der Waals surface area contributed by atoms with Gasteiger partial charge in [0, 0.05) is 28.1 Å². The zero-order chi connectivity index (χ0) is 13.8. The molecular formula is C14H17IN2O2. The molecule has 1 aromatic carbocycles. The van der Waals surface area contributed by atoms with Gasteiger partial charge in [0.05, 0.1) is 0 Å². The molecule has 2 amide bonds. The molecule has 0 aliphatic heterocycles. The number of rotatable bonds is 5. The summed E-state index contributed by atoms with van der Waals surface area (Å²) < 4.78 is 1.13. The first kappa shape index (κ1) is 14.3. The number of benzene rings is 1. The zero-order valence-corrected chi connectivity index (χ0v) is 12.9. The van der Waals surface area contributed by atoms with Crippen LogP contribution >= 0.6 is 22.6 Å². The Morgan fingerprint density at radius 1 is 1.32 bits per heavy atom. The van der Waals surface area contributed by atoms with E-state index in [1.165, 1.54) is 0 Å². The van der Waals surface area contributed by atoms with Crippen LogP contribution in [0.5, 0.6) is 0 Å². The minimum atomic E-state index is -0.0784. The van der Waals surface area contributed by atoms with E-state index in [0.29, 0.717) is 18.9 Å². The van der Waals surface area contributed by atoms with Crippen LogP contribution in [-0.4, -0.2) is 18.4 Å². The Bertz CT molecular complexity index is 473. The third-order valence-electron chi connectivity index (χ3n) is 3.23. The van der Waals surface area contributed by atoms with Gasteiger partial charge < -0.3 is 10.6 Å². The van der Waals surface area contributed by atoms with Gasteiger partial charge in [0.25, 0.3) is 0 Å². The van der Waals surface area contributed by atoms with Crippen molar-refractivity contribution >= 4 is 40.1 Å². The van der Waals surface area contributed by atoms with E-state index in [1.807, 2.05) is 24.3 Å². The highest BCUT2D eigenvalue weighted by atomic mass is 127. The molecule has 0 aromatic heterocycles. The van der Waals surface area contributed by atoms with Gasteiger partial charge in [-0.25, -0.2) is 0 Å². The molecule has 0 heterocycles. The highest BCUT2D eigenvalue weighted by Gasteiger charge is 2.38. The molecule has 2 N–H and O–H groups in total. The molecule has 1 saturated carbocycles. The highest BCUT2D eigenvalue weighted by Crippen LogP contribution is 2.37. The van der Waals surface area contributed by atoms with Crippen LogP contribution in [0.3, 0.4) is 0 Å². The lowest BCUT2D eigenvalue weighted by Gasteiger charge is -2.06. The van der Waals surface area contributed by atoms with Crippen molar-refractivity contribution in [1.82, 2.24) is 5.32 Å². The molecule has 1 aliphatic rings. The van der Waals surface area contributed by atoms with Crippen molar-refractivity contribution in [2.24, 2.45) is 11.8 Å². The average molecular weight is 372 g/mol. The highest BCUT2D eigenvalue weighted by molar-refractivity contribution is 14.1. The van der Waals surface area contributed by atoms with Crippen LogP contribution in [0.15, 0.2) is 24.3 Å². The molecule has 102 valence electrons. The van der Waals surface area contributed by atoms with Gasteiger partial charge in [-0.3, -0.25) is 9.59 Å². The number of hydrogen-bond acceptors (Lipinski definition) is 2. The molecule has 1 fully saturated rings. The Hall–Kier alpha value is -1.11. The Morgan fingerprint density at radius 2 is 1.95 bits per heavy atom. The maximum atomic E-state index is 11.7. The topological polar surface area (TPSA) is 58.2 Å². The van der Waals surface area contributed by atoms with Crippen molar-refractivity contribution in [3.05, 3.63) is 27.8 Å². The van der Waals surface area contributed by atoms with Gasteiger partial charge in [0.1, 0.15) is 0 Å². The fraction of sp³-hybridized carbons (Fsp3) is 0.429. The van der Waals surface area contributed by atoms with Crippen LogP contribution in [0.25, 0.3) is 0 Å². The number of carbonyl (C=O) groups excluding carboxylic acids is 2. The molecule has 1 aromatic rings. The van der Waals surface area contributed by atoms with Crippen molar-refractivity contribution in [3.8, 4) is 0 Å². The minimum absolute atomic E-state index is 0.0783. The summed E-state index contributed by atoms with van der Waals surface area (Å²) >= 11 is 2.21. The number of anilines is 1. The molecule has 0 unspecified atom stereocenters. The third kappa shape index (κ3) is 4.49. The van der Waals surface area contributed by atoms with Crippen LogP contribution in [0.1, 0.15) is 19.8 Å². The van der Waals surface area contributed by atoms with Gasteiger partial charge in [-0.05, 0) is 59.2 Å². The van der Waals surface area contributed by atoms with Crippen LogP contribution in [0, 0.1) is 15.4 Å². The standard InChI is InChI=1S/C14H17IN2O2/c1-9-8-12(9)14(19)16-7-6-13(18)17-11-4-2-10(15)3-5-11/h2-5,9,12H,6-8H2,1H3,(H,16,19)(H,17,18)/t9-,12-/m1/s1. The maximum Gasteiger partial charge on any atom is 0.226 e. The van der Waals surface area contributed by atoms with Gasteiger partial charge >= 0.3 is 0 Å². The lowest BCUT2D eigenvalue weighted by atomic mass is 10.3. The fourth-order valence-corrected chi connectivity index (χ4v) is 2.23. The fourth-order valence-electron chi connectivity index (χ4n) is 1.87. The minimum Gasteiger partial charge on any atom is -0.355 e. The number of amides is 2. The summed E-state index contributed by atoms with van der Waals surface area (Å²) in [5, 5.41) is 5.60. The van der Waals surface area contributed by atoms with E-state index in [9.17, 15) is 9.59 Å². The Balaban J connectivity index is 1.67. The molecule has 19 heavy (non-hydrogen) atoms. The van der Waals surface area contributed by atoms with Crippen molar-refractivity contribution in [1.29, 1.82) is 0 Å². The summed E-state index contributed by atoms with van der Waals surface area (Å²) in [6.45, 7) is 2.46. The van der Waals surface area contributed by atoms with Gasteiger partial charge in [-0.1, -0.05) is 6.92 Å². The monoisotopic (exact) mass is 372 g/mol. The van der Waals surface area contributed by atoms with Crippen molar-refractivity contribution in [3.63, 3.8) is 0 Å². The molecule has 0 bridgehead atoms. The Labute approximate surface area is 126 Å². The predicted octanol–water partition coefficient (Wildman–Crippen LogP) is 2.39.